The van der Waals surface area contributed by atoms with Gasteiger partial charge in [-0.15, -0.1) is 0 Å². The number of aliphatic hydroxyl groups excluding tert-OH is 2. The molecule has 168 valence electrons. The Labute approximate surface area is 196 Å². The maximum Gasteiger partial charge on any atom is 0.139 e. The molecule has 0 fully saturated rings. The number of imidazole rings is 1. The van der Waals surface area contributed by atoms with Gasteiger partial charge in [0.15, 0.2) is 0 Å². The highest BCUT2D eigenvalue weighted by Gasteiger charge is 2.16. The quantitative estimate of drug-likeness (QED) is 0.281. The van der Waals surface area contributed by atoms with E-state index in [2.05, 4.69) is 59.6 Å². The third-order valence-electron chi connectivity index (χ3n) is 6.43. The first-order chi connectivity index (χ1) is 16.7. The second kappa shape index (κ2) is 8.45. The van der Waals surface area contributed by atoms with Crippen LogP contribution in [0.3, 0.4) is 0 Å². The first kappa shape index (κ1) is 20.7. The van der Waals surface area contributed by atoms with E-state index in [4.69, 9.17) is 14.8 Å². The van der Waals surface area contributed by atoms with Gasteiger partial charge >= 0.3 is 0 Å². The third-order valence-corrected chi connectivity index (χ3v) is 6.43. The van der Waals surface area contributed by atoms with Crippen molar-refractivity contribution in [1.82, 2.24) is 9.97 Å². The second-order valence-electron chi connectivity index (χ2n) is 8.53. The lowest BCUT2D eigenvalue weighted by Crippen LogP contribution is -2.15. The average molecular weight is 449 g/mol. The van der Waals surface area contributed by atoms with Crippen molar-refractivity contribution in [2.45, 2.75) is 12.5 Å². The highest BCUT2D eigenvalue weighted by atomic mass is 16.5. The first-order valence-electron chi connectivity index (χ1n) is 11.5. The van der Waals surface area contributed by atoms with Crippen LogP contribution in [0.2, 0.25) is 0 Å². The standard InChI is InChI=1S/C29H24N2O3/c32-17-18(33)15-16-34-26-14-13-25(21-9-1-4-10-22(21)26)29-30-27-23-11-5-2-7-19(23)20-8-3-6-12-24(20)28(27)31-29/h1-14,18,32-33H,15-17H2,(H,30,31)/t18-/m0/s1. The summed E-state index contributed by atoms with van der Waals surface area (Å²) < 4.78 is 5.96. The molecular formula is C29H24N2O3. The van der Waals surface area contributed by atoms with Gasteiger partial charge in [-0.05, 0) is 28.3 Å². The van der Waals surface area contributed by atoms with E-state index in [9.17, 15) is 5.11 Å². The van der Waals surface area contributed by atoms with Crippen LogP contribution in [0.15, 0.2) is 84.9 Å². The number of aromatic nitrogens is 2. The van der Waals surface area contributed by atoms with E-state index in [1.165, 1.54) is 10.8 Å². The van der Waals surface area contributed by atoms with E-state index < -0.39 is 6.10 Å². The van der Waals surface area contributed by atoms with Gasteiger partial charge in [0.25, 0.3) is 0 Å². The second-order valence-corrected chi connectivity index (χ2v) is 8.53. The fourth-order valence-electron chi connectivity index (χ4n) is 4.75. The van der Waals surface area contributed by atoms with Crippen molar-refractivity contribution in [3.63, 3.8) is 0 Å². The van der Waals surface area contributed by atoms with Crippen molar-refractivity contribution in [3.05, 3.63) is 84.9 Å². The molecule has 0 aliphatic rings. The number of aromatic amines is 1. The van der Waals surface area contributed by atoms with Crippen LogP contribution < -0.4 is 4.74 Å². The van der Waals surface area contributed by atoms with Crippen LogP contribution >= 0.6 is 0 Å². The zero-order valence-corrected chi connectivity index (χ0v) is 18.5. The van der Waals surface area contributed by atoms with E-state index in [1.54, 1.807) is 0 Å². The average Bonchev–Trinajstić information content (AvgIpc) is 3.34. The number of nitrogens with zero attached hydrogens (tertiary/aromatic N) is 1. The monoisotopic (exact) mass is 448 g/mol. The smallest absolute Gasteiger partial charge is 0.139 e. The predicted molar refractivity (Wildman–Crippen MR) is 137 cm³/mol. The van der Waals surface area contributed by atoms with Gasteiger partial charge in [0.05, 0.1) is 30.4 Å². The fourth-order valence-corrected chi connectivity index (χ4v) is 4.75. The Balaban J connectivity index is 1.52. The summed E-state index contributed by atoms with van der Waals surface area (Å²) in [6.07, 6.45) is -0.401. The minimum Gasteiger partial charge on any atom is -0.493 e. The molecule has 5 heteroatoms. The maximum absolute atomic E-state index is 9.62. The largest absolute Gasteiger partial charge is 0.493 e. The topological polar surface area (TPSA) is 78.4 Å². The van der Waals surface area contributed by atoms with E-state index in [-0.39, 0.29) is 6.61 Å². The van der Waals surface area contributed by atoms with E-state index >= 15 is 0 Å². The molecule has 0 amide bonds. The molecule has 3 N–H and O–H groups in total. The zero-order chi connectivity index (χ0) is 23.1. The molecule has 0 radical (unpaired) electrons. The molecule has 34 heavy (non-hydrogen) atoms. The molecule has 5 aromatic carbocycles. The number of ether oxygens (including phenoxy) is 1. The number of benzene rings is 5. The van der Waals surface area contributed by atoms with Gasteiger partial charge in [0, 0.05) is 28.1 Å². The van der Waals surface area contributed by atoms with E-state index in [0.717, 1.165) is 49.7 Å². The Morgan fingerprint density at radius 1 is 0.735 bits per heavy atom. The lowest BCUT2D eigenvalue weighted by Gasteiger charge is -2.13. The molecule has 1 atom stereocenters. The summed E-state index contributed by atoms with van der Waals surface area (Å²) in [7, 11) is 0. The molecule has 0 saturated heterocycles. The minimum atomic E-state index is -0.772. The van der Waals surface area contributed by atoms with Crippen molar-refractivity contribution >= 4 is 43.4 Å². The summed E-state index contributed by atoms with van der Waals surface area (Å²) in [4.78, 5) is 8.69. The number of fused-ring (bicyclic) bond motifs is 7. The lowest BCUT2D eigenvalue weighted by atomic mass is 10.0. The number of H-pyrrole nitrogens is 1. The van der Waals surface area contributed by atoms with E-state index in [0.29, 0.717) is 13.0 Å². The number of nitrogens with one attached hydrogen (secondary N) is 1. The Kier molecular flexibility index (Phi) is 5.13. The summed E-state index contributed by atoms with van der Waals surface area (Å²) in [5, 5.41) is 25.4. The molecule has 0 aliphatic heterocycles. The van der Waals surface area contributed by atoms with Crippen LogP contribution in [0.5, 0.6) is 5.75 Å². The molecule has 6 rings (SSSR count). The molecule has 0 saturated carbocycles. The number of aliphatic hydroxyl groups is 2. The summed E-state index contributed by atoms with van der Waals surface area (Å²) in [5.41, 5.74) is 3.00. The normalized spacial score (nSPS) is 12.6. The van der Waals surface area contributed by atoms with Crippen molar-refractivity contribution < 1.29 is 14.9 Å². The molecule has 0 spiro atoms. The summed E-state index contributed by atoms with van der Waals surface area (Å²) >= 11 is 0. The van der Waals surface area contributed by atoms with Crippen LogP contribution in [0.25, 0.3) is 54.7 Å². The molecule has 6 aromatic rings. The SMILES string of the molecule is OC[C@@H](O)CCOc1ccc(-c2nc3c4ccccc4c4ccccc4c3[nH]2)c2ccccc12. The van der Waals surface area contributed by atoms with E-state index in [1.807, 2.05) is 30.3 Å². The lowest BCUT2D eigenvalue weighted by molar-refractivity contribution is 0.0756. The van der Waals surface area contributed by atoms with Crippen molar-refractivity contribution in [1.29, 1.82) is 0 Å². The number of rotatable bonds is 6. The van der Waals surface area contributed by atoms with Gasteiger partial charge in [0.2, 0.25) is 0 Å². The predicted octanol–water partition coefficient (Wildman–Crippen LogP) is 5.81. The third kappa shape index (κ3) is 3.37. The minimum absolute atomic E-state index is 0.265. The Morgan fingerprint density at radius 3 is 2.09 bits per heavy atom. The molecule has 0 unspecified atom stereocenters. The van der Waals surface area contributed by atoms with Crippen LogP contribution in [0, 0.1) is 0 Å². The Hall–Kier alpha value is -3.93. The van der Waals surface area contributed by atoms with Crippen molar-refractivity contribution in [3.8, 4) is 17.1 Å². The van der Waals surface area contributed by atoms with Gasteiger partial charge in [-0.2, -0.15) is 0 Å². The summed E-state index contributed by atoms with van der Waals surface area (Å²) in [6.45, 7) is 0.0617. The Bertz CT molecular complexity index is 1580. The van der Waals surface area contributed by atoms with Gasteiger partial charge in [-0.3, -0.25) is 0 Å². The van der Waals surface area contributed by atoms with Gasteiger partial charge in [0.1, 0.15) is 11.6 Å². The van der Waals surface area contributed by atoms with Gasteiger partial charge < -0.3 is 19.9 Å². The molecule has 0 bridgehead atoms. The van der Waals surface area contributed by atoms with Crippen LogP contribution in [-0.4, -0.2) is 39.5 Å². The van der Waals surface area contributed by atoms with Crippen LogP contribution in [-0.2, 0) is 0 Å². The fraction of sp³-hybridized carbons (Fsp3) is 0.138. The number of hydrogen-bond donors (Lipinski definition) is 3. The van der Waals surface area contributed by atoms with Crippen molar-refractivity contribution in [2.75, 3.05) is 13.2 Å². The van der Waals surface area contributed by atoms with Gasteiger partial charge in [-0.1, -0.05) is 72.8 Å². The molecular weight excluding hydrogens is 424 g/mol. The Morgan fingerprint density at radius 2 is 1.35 bits per heavy atom. The summed E-state index contributed by atoms with van der Waals surface area (Å²) in [5.74, 6) is 1.56. The van der Waals surface area contributed by atoms with Crippen LogP contribution in [0.1, 0.15) is 6.42 Å². The highest BCUT2D eigenvalue weighted by Crippen LogP contribution is 2.38. The molecule has 5 nitrogen and oxygen atoms in total. The number of hydrogen-bond acceptors (Lipinski definition) is 4. The highest BCUT2D eigenvalue weighted by molar-refractivity contribution is 6.23. The molecule has 0 aliphatic carbocycles. The zero-order valence-electron chi connectivity index (χ0n) is 18.5. The van der Waals surface area contributed by atoms with Crippen LogP contribution in [0.4, 0.5) is 0 Å². The summed E-state index contributed by atoms with van der Waals surface area (Å²) in [6, 6.07) is 28.9. The molecule has 1 aromatic heterocycles. The van der Waals surface area contributed by atoms with Gasteiger partial charge in [-0.25, -0.2) is 4.98 Å². The van der Waals surface area contributed by atoms with Crippen molar-refractivity contribution in [2.24, 2.45) is 0 Å². The first-order valence-corrected chi connectivity index (χ1v) is 11.5. The maximum atomic E-state index is 9.62. The molecule has 1 heterocycles.